The molecule has 0 aliphatic carbocycles. The van der Waals surface area contributed by atoms with E-state index in [2.05, 4.69) is 0 Å². The molecule has 0 saturated heterocycles. The average Bonchev–Trinajstić information content (AvgIpc) is 2.16. The molecule has 0 bridgehead atoms. The van der Waals surface area contributed by atoms with Gasteiger partial charge in [-0.1, -0.05) is 12.1 Å². The lowest BCUT2D eigenvalue weighted by Gasteiger charge is -2.17. The van der Waals surface area contributed by atoms with Crippen molar-refractivity contribution in [2.24, 2.45) is 5.73 Å². The summed E-state index contributed by atoms with van der Waals surface area (Å²) in [5.41, 5.74) is 4.05. The molecule has 1 aromatic rings. The zero-order chi connectivity index (χ0) is 12.6. The lowest BCUT2D eigenvalue weighted by atomic mass is 10.0. The quantitative estimate of drug-likeness (QED) is 0.817. The first-order chi connectivity index (χ1) is 7.20. The van der Waals surface area contributed by atoms with Gasteiger partial charge in [-0.3, -0.25) is 0 Å². The summed E-state index contributed by atoms with van der Waals surface area (Å²) in [6, 6.07) is 1.41. The minimum Gasteiger partial charge on any atom is -0.390 e. The largest absolute Gasteiger partial charge is 0.390 e. The van der Waals surface area contributed by atoms with E-state index in [-0.39, 0.29) is 5.56 Å². The second-order valence-electron chi connectivity index (χ2n) is 3.21. The maximum Gasteiger partial charge on any atom is 0.298 e. The zero-order valence-corrected chi connectivity index (χ0v) is 8.10. The van der Waals surface area contributed by atoms with Crippen LogP contribution in [-0.2, 0) is 5.92 Å². The van der Waals surface area contributed by atoms with E-state index in [0.717, 1.165) is 6.07 Å². The summed E-state index contributed by atoms with van der Waals surface area (Å²) in [5.74, 6) is -4.92. The predicted octanol–water partition coefficient (Wildman–Crippen LogP) is 1.93. The second kappa shape index (κ2) is 4.20. The summed E-state index contributed by atoms with van der Waals surface area (Å²) in [6.07, 6.45) is 0. The Balaban J connectivity index is 3.36. The molecule has 0 radical (unpaired) electrons. The normalized spacial score (nSPS) is 17.1. The first kappa shape index (κ1) is 10.4. The third kappa shape index (κ3) is 2.30. The Hall–Kier alpha value is -1.07. The number of hydrogen-bond donors (Lipinski definition) is 2. The fourth-order valence-electron chi connectivity index (χ4n) is 1.20. The molecule has 0 saturated carbocycles. The molecular formula is C10H12F3NO. The van der Waals surface area contributed by atoms with E-state index in [1.807, 2.05) is 0 Å². The highest BCUT2D eigenvalue weighted by atomic mass is 19.3. The van der Waals surface area contributed by atoms with Gasteiger partial charge in [-0.2, -0.15) is 8.78 Å². The number of alkyl halides is 2. The molecule has 0 aromatic heterocycles. The minimum atomic E-state index is -3.68. The van der Waals surface area contributed by atoms with Gasteiger partial charge in [0.05, 0.1) is 6.93 Å². The summed E-state index contributed by atoms with van der Waals surface area (Å²) >= 11 is 0. The molecule has 0 heterocycles. The summed E-state index contributed by atoms with van der Waals surface area (Å²) in [5, 5.41) is 8.47. The van der Waals surface area contributed by atoms with E-state index in [0.29, 0.717) is 0 Å². The number of halogens is 3. The highest BCUT2D eigenvalue weighted by Crippen LogP contribution is 2.31. The lowest BCUT2D eigenvalue weighted by molar-refractivity contribution is -0.0584. The summed E-state index contributed by atoms with van der Waals surface area (Å²) in [7, 11) is 0. The van der Waals surface area contributed by atoms with Gasteiger partial charge in [-0.05, 0) is 13.0 Å². The van der Waals surface area contributed by atoms with E-state index in [4.69, 9.17) is 12.2 Å². The monoisotopic (exact) mass is 220 g/mol. The van der Waals surface area contributed by atoms with Gasteiger partial charge < -0.3 is 10.8 Å². The van der Waals surface area contributed by atoms with Crippen LogP contribution in [0.15, 0.2) is 18.2 Å². The molecule has 2 nitrogen and oxygen atoms in total. The van der Waals surface area contributed by atoms with Gasteiger partial charge in [0.25, 0.3) is 5.92 Å². The van der Waals surface area contributed by atoms with Gasteiger partial charge in [0, 0.05) is 11.6 Å². The van der Waals surface area contributed by atoms with Crippen LogP contribution in [0.4, 0.5) is 13.2 Å². The number of hydrogen-bond acceptors (Lipinski definition) is 2. The maximum atomic E-state index is 13.7. The molecule has 0 aliphatic rings. The molecule has 0 aliphatic heterocycles. The van der Waals surface area contributed by atoms with Crippen LogP contribution in [0.25, 0.3) is 0 Å². The summed E-state index contributed by atoms with van der Waals surface area (Å²) < 4.78 is 47.3. The third-order valence-corrected chi connectivity index (χ3v) is 2.02. The highest BCUT2D eigenvalue weighted by molar-refractivity contribution is 5.31. The first-order valence-corrected chi connectivity index (χ1v) is 4.27. The van der Waals surface area contributed by atoms with Crippen LogP contribution >= 0.6 is 0 Å². The van der Waals surface area contributed by atoms with Crippen molar-refractivity contribution >= 4 is 0 Å². The summed E-state index contributed by atoms with van der Waals surface area (Å²) in [6.45, 7) is -0.307. The molecule has 3 N–H and O–H groups in total. The van der Waals surface area contributed by atoms with Gasteiger partial charge in [0.1, 0.15) is 12.4 Å². The van der Waals surface area contributed by atoms with Gasteiger partial charge in [-0.25, -0.2) is 4.39 Å². The smallest absolute Gasteiger partial charge is 0.298 e. The molecule has 1 aromatic carbocycles. The Morgan fingerprint density at radius 3 is 2.67 bits per heavy atom. The van der Waals surface area contributed by atoms with E-state index in [9.17, 15) is 13.2 Å². The third-order valence-electron chi connectivity index (χ3n) is 2.02. The van der Waals surface area contributed by atoms with E-state index in [1.165, 1.54) is 19.1 Å². The molecule has 84 valence electrons. The number of benzene rings is 1. The van der Waals surface area contributed by atoms with Gasteiger partial charge in [0.2, 0.25) is 0 Å². The van der Waals surface area contributed by atoms with Gasteiger partial charge in [-0.15, -0.1) is 0 Å². The molecule has 1 rings (SSSR count). The van der Waals surface area contributed by atoms with Crippen LogP contribution in [0.3, 0.4) is 0 Å². The SMILES string of the molecule is [2H][C@](C)(N)c1cccc(C(F)(F)CO)c1F. The van der Waals surface area contributed by atoms with Crippen LogP contribution in [-0.4, -0.2) is 11.7 Å². The Labute approximate surface area is 86.9 Å². The van der Waals surface area contributed by atoms with Crippen molar-refractivity contribution in [1.29, 1.82) is 0 Å². The predicted molar refractivity (Wildman–Crippen MR) is 50.0 cm³/mol. The number of aliphatic hydroxyl groups is 1. The minimum absolute atomic E-state index is 0.335. The van der Waals surface area contributed by atoms with Crippen molar-refractivity contribution in [3.05, 3.63) is 35.1 Å². The fourth-order valence-corrected chi connectivity index (χ4v) is 1.20. The first-order valence-electron chi connectivity index (χ1n) is 4.77. The summed E-state index contributed by atoms with van der Waals surface area (Å²) in [4.78, 5) is 0. The Morgan fingerprint density at radius 1 is 1.60 bits per heavy atom. The van der Waals surface area contributed by atoms with Crippen molar-refractivity contribution in [3.8, 4) is 0 Å². The molecule has 0 spiro atoms. The Morgan fingerprint density at radius 2 is 2.20 bits per heavy atom. The molecule has 0 amide bonds. The van der Waals surface area contributed by atoms with Crippen molar-refractivity contribution in [3.63, 3.8) is 0 Å². The van der Waals surface area contributed by atoms with Crippen molar-refractivity contribution in [1.82, 2.24) is 0 Å². The Bertz CT molecular complexity index is 390. The van der Waals surface area contributed by atoms with E-state index < -0.39 is 29.9 Å². The molecule has 1 atom stereocenters. The Kier molecular flexibility index (Phi) is 2.93. The van der Waals surface area contributed by atoms with E-state index >= 15 is 0 Å². The lowest BCUT2D eigenvalue weighted by Crippen LogP contribution is -2.22. The van der Waals surface area contributed by atoms with Crippen LogP contribution in [0.1, 0.15) is 25.4 Å². The topological polar surface area (TPSA) is 46.2 Å². The van der Waals surface area contributed by atoms with Crippen molar-refractivity contribution in [2.75, 3.05) is 6.61 Å². The maximum absolute atomic E-state index is 13.7. The molecule has 5 heteroatoms. The number of nitrogens with two attached hydrogens (primary N) is 1. The molecule has 0 unspecified atom stereocenters. The van der Waals surface area contributed by atoms with Crippen LogP contribution in [0, 0.1) is 5.82 Å². The van der Waals surface area contributed by atoms with Crippen LogP contribution in [0.2, 0.25) is 0 Å². The second-order valence-corrected chi connectivity index (χ2v) is 3.21. The highest BCUT2D eigenvalue weighted by Gasteiger charge is 2.34. The number of rotatable bonds is 3. The van der Waals surface area contributed by atoms with Crippen LogP contribution < -0.4 is 5.73 Å². The van der Waals surface area contributed by atoms with Gasteiger partial charge in [0.15, 0.2) is 0 Å². The molecule has 0 fully saturated rings. The van der Waals surface area contributed by atoms with E-state index in [1.54, 1.807) is 0 Å². The standard InChI is InChI=1S/C10H12F3NO/c1-6(14)7-3-2-4-8(9(7)11)10(12,13)5-15/h2-4,6,15H,5,14H2,1H3/t6-/m1/s1/i6D. The zero-order valence-electron chi connectivity index (χ0n) is 9.10. The van der Waals surface area contributed by atoms with Crippen molar-refractivity contribution < 1.29 is 19.6 Å². The average molecular weight is 220 g/mol. The fraction of sp³-hybridized carbons (Fsp3) is 0.400. The molecule has 15 heavy (non-hydrogen) atoms. The number of aliphatic hydroxyl groups excluding tert-OH is 1. The van der Waals surface area contributed by atoms with Gasteiger partial charge >= 0.3 is 0 Å². The van der Waals surface area contributed by atoms with Crippen LogP contribution in [0.5, 0.6) is 0 Å². The van der Waals surface area contributed by atoms with Crippen molar-refractivity contribution in [2.45, 2.75) is 18.9 Å². The molecular weight excluding hydrogens is 207 g/mol.